The molecule has 0 spiro atoms. The Labute approximate surface area is 217 Å². The van der Waals surface area contributed by atoms with E-state index < -0.39 is 23.8 Å². The third-order valence-electron chi connectivity index (χ3n) is 6.02. The van der Waals surface area contributed by atoms with Crippen LogP contribution in [0.3, 0.4) is 0 Å². The van der Waals surface area contributed by atoms with E-state index in [0.717, 1.165) is 21.2 Å². The zero-order valence-corrected chi connectivity index (χ0v) is 22.6. The lowest BCUT2D eigenvalue weighted by atomic mass is 9.99. The van der Waals surface area contributed by atoms with Gasteiger partial charge in [0.15, 0.2) is 0 Å². The first-order chi connectivity index (χ1) is 17.0. The van der Waals surface area contributed by atoms with Gasteiger partial charge in [0.05, 0.1) is 0 Å². The van der Waals surface area contributed by atoms with Gasteiger partial charge in [-0.15, -0.1) is 11.3 Å². The van der Waals surface area contributed by atoms with Crippen molar-refractivity contribution in [1.82, 2.24) is 15.1 Å². The van der Waals surface area contributed by atoms with Gasteiger partial charge in [0, 0.05) is 38.9 Å². The number of amides is 3. The van der Waals surface area contributed by atoms with Crippen LogP contribution in [0.1, 0.15) is 31.2 Å². The molecule has 1 heterocycles. The molecule has 0 saturated heterocycles. The van der Waals surface area contributed by atoms with E-state index in [9.17, 15) is 14.4 Å². The average molecular weight is 510 g/mol. The monoisotopic (exact) mass is 509 g/mol. The predicted molar refractivity (Wildman–Crippen MR) is 144 cm³/mol. The van der Waals surface area contributed by atoms with Crippen LogP contribution in [0, 0.1) is 0 Å². The summed E-state index contributed by atoms with van der Waals surface area (Å²) in [6, 6.07) is 16.3. The Kier molecular flexibility index (Phi) is 8.74. The first-order valence-electron chi connectivity index (χ1n) is 11.9. The summed E-state index contributed by atoms with van der Waals surface area (Å²) in [6.45, 7) is 5.36. The van der Waals surface area contributed by atoms with E-state index in [-0.39, 0.29) is 18.2 Å². The molecule has 0 radical (unpaired) electrons. The van der Waals surface area contributed by atoms with Crippen LogP contribution < -0.4 is 5.32 Å². The third-order valence-corrected chi connectivity index (χ3v) is 6.91. The Balaban J connectivity index is 1.94. The van der Waals surface area contributed by atoms with E-state index in [1.54, 1.807) is 41.9 Å². The molecule has 2 atom stereocenters. The number of benzene rings is 2. The highest BCUT2D eigenvalue weighted by Crippen LogP contribution is 2.21. The van der Waals surface area contributed by atoms with Crippen LogP contribution in [0.15, 0.2) is 60.0 Å². The number of carbonyl (C=O) groups excluding carboxylic acids is 3. The summed E-state index contributed by atoms with van der Waals surface area (Å²) in [5.41, 5.74) is 0.197. The molecule has 192 valence electrons. The van der Waals surface area contributed by atoms with Gasteiger partial charge in [0.1, 0.15) is 17.7 Å². The molecular formula is C28H35N3O4S. The van der Waals surface area contributed by atoms with E-state index in [4.69, 9.17) is 4.74 Å². The molecule has 0 fully saturated rings. The van der Waals surface area contributed by atoms with Crippen molar-refractivity contribution in [3.63, 3.8) is 0 Å². The highest BCUT2D eigenvalue weighted by Gasteiger charge is 2.36. The van der Waals surface area contributed by atoms with E-state index in [0.29, 0.717) is 6.42 Å². The van der Waals surface area contributed by atoms with E-state index in [1.807, 2.05) is 60.0 Å². The zero-order chi connectivity index (χ0) is 26.5. The van der Waals surface area contributed by atoms with Crippen LogP contribution in [0.25, 0.3) is 10.8 Å². The van der Waals surface area contributed by atoms with Crippen LogP contribution in [0.4, 0.5) is 4.79 Å². The number of ether oxygens (including phenoxy) is 1. The maximum absolute atomic E-state index is 13.9. The van der Waals surface area contributed by atoms with Crippen molar-refractivity contribution in [2.45, 2.75) is 51.3 Å². The molecule has 1 N–H and O–H groups in total. The van der Waals surface area contributed by atoms with Gasteiger partial charge >= 0.3 is 6.09 Å². The summed E-state index contributed by atoms with van der Waals surface area (Å²) in [7, 11) is 4.74. The molecule has 7 nitrogen and oxygen atoms in total. The van der Waals surface area contributed by atoms with Gasteiger partial charge in [-0.1, -0.05) is 48.5 Å². The number of fused-ring (bicyclic) bond motifs is 1. The molecule has 3 rings (SSSR count). The normalized spacial score (nSPS) is 13.1. The zero-order valence-electron chi connectivity index (χ0n) is 21.8. The Hall–Kier alpha value is -3.39. The van der Waals surface area contributed by atoms with Crippen molar-refractivity contribution in [2.75, 3.05) is 21.1 Å². The molecule has 8 heteroatoms. The van der Waals surface area contributed by atoms with E-state index >= 15 is 0 Å². The van der Waals surface area contributed by atoms with Gasteiger partial charge in [-0.05, 0) is 48.6 Å². The molecule has 0 aliphatic carbocycles. The molecule has 2 aromatic carbocycles. The fourth-order valence-electron chi connectivity index (χ4n) is 4.02. The number of hydrogen-bond acceptors (Lipinski definition) is 5. The summed E-state index contributed by atoms with van der Waals surface area (Å²) >= 11 is 1.54. The molecule has 0 saturated carbocycles. The van der Waals surface area contributed by atoms with Crippen molar-refractivity contribution in [1.29, 1.82) is 0 Å². The highest BCUT2D eigenvalue weighted by molar-refractivity contribution is 7.09. The number of hydrogen-bond donors (Lipinski definition) is 1. The average Bonchev–Trinajstić information content (AvgIpc) is 3.36. The topological polar surface area (TPSA) is 79.0 Å². The summed E-state index contributed by atoms with van der Waals surface area (Å²) in [4.78, 5) is 43.5. The third kappa shape index (κ3) is 6.85. The smallest absolute Gasteiger partial charge is 0.410 e. The number of likely N-dealkylation sites (N-methyl/N-ethyl adjacent to an activating group) is 3. The SMILES string of the molecule is CNC(=O)[C@@H](Cc1cccs1)N(C)C(=O)[C@@H](Cc1ccc2ccccc2c1)N(C)C(=O)OC(C)(C)C. The standard InChI is InChI=1S/C28H35N3O4S/c1-28(2,3)35-27(34)31(6)24(17-19-13-14-20-10-7-8-11-21(20)16-19)26(33)30(5)23(25(32)29-4)18-22-12-9-15-36-22/h7-16,23-24H,17-18H2,1-6H3,(H,29,32)/t23-,24-/m1/s1. The minimum atomic E-state index is -0.860. The molecular weight excluding hydrogens is 474 g/mol. The Bertz CT molecular complexity index is 1200. The van der Waals surface area contributed by atoms with Crippen LogP contribution >= 0.6 is 11.3 Å². The summed E-state index contributed by atoms with van der Waals surface area (Å²) in [6.07, 6.45) is 0.0755. The highest BCUT2D eigenvalue weighted by atomic mass is 32.1. The molecule has 36 heavy (non-hydrogen) atoms. The first-order valence-corrected chi connectivity index (χ1v) is 12.8. The quantitative estimate of drug-likeness (QED) is 0.485. The minimum Gasteiger partial charge on any atom is -0.444 e. The van der Waals surface area contributed by atoms with Crippen molar-refractivity contribution < 1.29 is 19.1 Å². The Morgan fingerprint density at radius 1 is 0.917 bits per heavy atom. The second-order valence-electron chi connectivity index (χ2n) is 9.86. The first kappa shape index (κ1) is 27.2. The number of rotatable bonds is 8. The summed E-state index contributed by atoms with van der Waals surface area (Å²) < 4.78 is 5.57. The van der Waals surface area contributed by atoms with Crippen LogP contribution in [-0.2, 0) is 27.2 Å². The summed E-state index contributed by atoms with van der Waals surface area (Å²) in [5.74, 6) is -0.592. The minimum absolute atomic E-state index is 0.261. The number of carbonyl (C=O) groups is 3. The number of nitrogens with one attached hydrogen (secondary N) is 1. The predicted octanol–water partition coefficient (Wildman–Crippen LogP) is 4.50. The van der Waals surface area contributed by atoms with E-state index in [1.165, 1.54) is 21.1 Å². The fraction of sp³-hybridized carbons (Fsp3) is 0.393. The van der Waals surface area contributed by atoms with Crippen LogP contribution in [0.5, 0.6) is 0 Å². The molecule has 3 aromatic rings. The van der Waals surface area contributed by atoms with Crippen molar-refractivity contribution in [2.24, 2.45) is 0 Å². The second kappa shape index (κ2) is 11.6. The maximum atomic E-state index is 13.9. The van der Waals surface area contributed by atoms with Gasteiger partial charge < -0.3 is 15.0 Å². The van der Waals surface area contributed by atoms with Crippen molar-refractivity contribution in [3.8, 4) is 0 Å². The number of nitrogens with zero attached hydrogens (tertiary/aromatic N) is 2. The lowest BCUT2D eigenvalue weighted by molar-refractivity contribution is -0.142. The largest absolute Gasteiger partial charge is 0.444 e. The molecule has 0 unspecified atom stereocenters. The number of thiophene rings is 1. The fourth-order valence-corrected chi connectivity index (χ4v) is 4.76. The van der Waals surface area contributed by atoms with Gasteiger partial charge in [0.25, 0.3) is 0 Å². The molecule has 0 bridgehead atoms. The van der Waals surface area contributed by atoms with E-state index in [2.05, 4.69) is 5.32 Å². The molecule has 3 amide bonds. The maximum Gasteiger partial charge on any atom is 0.410 e. The van der Waals surface area contributed by atoms with Crippen LogP contribution in [0.2, 0.25) is 0 Å². The molecule has 1 aromatic heterocycles. The van der Waals surface area contributed by atoms with Gasteiger partial charge in [-0.2, -0.15) is 0 Å². The van der Waals surface area contributed by atoms with Gasteiger partial charge in [-0.25, -0.2) is 4.79 Å². The Morgan fingerprint density at radius 3 is 2.22 bits per heavy atom. The van der Waals surface area contributed by atoms with Crippen molar-refractivity contribution in [3.05, 3.63) is 70.4 Å². The Morgan fingerprint density at radius 2 is 1.61 bits per heavy atom. The van der Waals surface area contributed by atoms with Gasteiger partial charge in [-0.3, -0.25) is 14.5 Å². The van der Waals surface area contributed by atoms with Gasteiger partial charge in [0.2, 0.25) is 11.8 Å². The lowest BCUT2D eigenvalue weighted by Gasteiger charge is -2.35. The molecule has 0 aliphatic heterocycles. The molecule has 0 aliphatic rings. The second-order valence-corrected chi connectivity index (χ2v) is 10.9. The van der Waals surface area contributed by atoms with Crippen molar-refractivity contribution >= 4 is 40.0 Å². The lowest BCUT2D eigenvalue weighted by Crippen LogP contribution is -2.56. The van der Waals surface area contributed by atoms with Crippen LogP contribution in [-0.4, -0.2) is 66.5 Å². The summed E-state index contributed by atoms with van der Waals surface area (Å²) in [5, 5.41) is 6.76.